The normalized spacial score (nSPS) is 19.6. The summed E-state index contributed by atoms with van der Waals surface area (Å²) in [6.07, 6.45) is 0.778. The molecule has 0 spiro atoms. The molecule has 0 radical (unpaired) electrons. The van der Waals surface area contributed by atoms with Gasteiger partial charge in [-0.2, -0.15) is 18.3 Å². The molecule has 0 N–H and O–H groups in total. The summed E-state index contributed by atoms with van der Waals surface area (Å²) >= 11 is 0. The van der Waals surface area contributed by atoms with Gasteiger partial charge < -0.3 is 0 Å². The molecule has 0 aliphatic heterocycles. The fourth-order valence-corrected chi connectivity index (χ4v) is 7.12. The molecule has 0 saturated heterocycles. The van der Waals surface area contributed by atoms with Crippen molar-refractivity contribution in [3.63, 3.8) is 0 Å². The summed E-state index contributed by atoms with van der Waals surface area (Å²) in [4.78, 5) is 4.19. The van der Waals surface area contributed by atoms with Crippen LogP contribution in [-0.2, 0) is 22.9 Å². The van der Waals surface area contributed by atoms with Crippen molar-refractivity contribution in [2.75, 3.05) is 18.8 Å². The molecule has 6 nitrogen and oxygen atoms in total. The number of alkyl halides is 3. The Labute approximate surface area is 219 Å². The molecule has 2 aromatic heterocycles. The van der Waals surface area contributed by atoms with Crippen LogP contribution in [0.1, 0.15) is 42.6 Å². The highest BCUT2D eigenvalue weighted by molar-refractivity contribution is 7.89. The Bertz CT molecular complexity index is 1430. The van der Waals surface area contributed by atoms with Crippen molar-refractivity contribution < 1.29 is 26.0 Å². The summed E-state index contributed by atoms with van der Waals surface area (Å²) < 4.78 is 81.6. The van der Waals surface area contributed by atoms with E-state index in [9.17, 15) is 26.0 Å². The van der Waals surface area contributed by atoms with Gasteiger partial charge in [-0.05, 0) is 55.2 Å². The van der Waals surface area contributed by atoms with Crippen molar-refractivity contribution in [3.8, 4) is 5.69 Å². The molecule has 0 fully saturated rings. The van der Waals surface area contributed by atoms with Crippen LogP contribution in [0.5, 0.6) is 0 Å². The monoisotopic (exact) mass is 548 g/mol. The summed E-state index contributed by atoms with van der Waals surface area (Å²) in [7, 11) is -4.58. The van der Waals surface area contributed by atoms with E-state index < -0.39 is 22.0 Å². The van der Waals surface area contributed by atoms with Gasteiger partial charge in [-0.1, -0.05) is 24.1 Å². The summed E-state index contributed by atoms with van der Waals surface area (Å²) in [5.41, 5.74) is 5.64. The Kier molecular flexibility index (Phi) is 7.17. The molecular formula is C27H28F4N4O2S. The molecular weight excluding hydrogens is 520 g/mol. The van der Waals surface area contributed by atoms with Crippen LogP contribution in [0.4, 0.5) is 17.6 Å². The zero-order valence-corrected chi connectivity index (χ0v) is 21.6. The second-order valence-electron chi connectivity index (χ2n) is 9.93. The fourth-order valence-electron chi connectivity index (χ4n) is 5.75. The van der Waals surface area contributed by atoms with Gasteiger partial charge in [0.15, 0.2) is 5.75 Å². The molecule has 2 aliphatic rings. The molecule has 0 bridgehead atoms. The largest absolute Gasteiger partial charge is 0.404 e. The smallest absolute Gasteiger partial charge is 0.261 e. The van der Waals surface area contributed by atoms with Gasteiger partial charge >= 0.3 is 6.18 Å². The number of aromatic nitrogens is 3. The third-order valence-electron chi connectivity index (χ3n) is 7.44. The molecule has 11 heteroatoms. The molecule has 0 saturated carbocycles. The zero-order chi connectivity index (χ0) is 27.1. The molecule has 202 valence electrons. The van der Waals surface area contributed by atoms with E-state index in [-0.39, 0.29) is 37.2 Å². The lowest BCUT2D eigenvalue weighted by Gasteiger charge is -2.31. The van der Waals surface area contributed by atoms with Crippen molar-refractivity contribution in [2.45, 2.75) is 44.7 Å². The van der Waals surface area contributed by atoms with E-state index in [0.29, 0.717) is 18.5 Å². The predicted octanol–water partition coefficient (Wildman–Crippen LogP) is 5.21. The van der Waals surface area contributed by atoms with Crippen LogP contribution in [0, 0.1) is 11.7 Å². The average molecular weight is 549 g/mol. The van der Waals surface area contributed by atoms with Crippen molar-refractivity contribution in [1.29, 1.82) is 0 Å². The van der Waals surface area contributed by atoms with E-state index in [1.54, 1.807) is 47.4 Å². The number of halogens is 4. The number of nitrogens with zero attached hydrogens (tertiary/aromatic N) is 4. The Morgan fingerprint density at radius 2 is 1.89 bits per heavy atom. The fraction of sp³-hybridized carbons (Fsp3) is 0.407. The van der Waals surface area contributed by atoms with Gasteiger partial charge in [0.05, 0.1) is 17.6 Å². The maximum atomic E-state index is 13.4. The predicted molar refractivity (Wildman–Crippen MR) is 135 cm³/mol. The Hall–Kier alpha value is -3.05. The lowest BCUT2D eigenvalue weighted by molar-refractivity contribution is -0.107. The summed E-state index contributed by atoms with van der Waals surface area (Å²) in [6, 6.07) is 11.3. The van der Waals surface area contributed by atoms with Crippen LogP contribution >= 0.6 is 0 Å². The lowest BCUT2D eigenvalue weighted by atomic mass is 9.80. The summed E-state index contributed by atoms with van der Waals surface area (Å²) in [5, 5.41) is 4.53. The van der Waals surface area contributed by atoms with Crippen LogP contribution in [0.15, 0.2) is 66.0 Å². The third kappa shape index (κ3) is 5.54. The first-order valence-electron chi connectivity index (χ1n) is 12.5. The lowest BCUT2D eigenvalue weighted by Crippen LogP contribution is -2.42. The Morgan fingerprint density at radius 1 is 1.13 bits per heavy atom. The van der Waals surface area contributed by atoms with E-state index in [2.05, 4.69) is 10.1 Å². The minimum absolute atomic E-state index is 0.00411. The van der Waals surface area contributed by atoms with E-state index in [4.69, 9.17) is 0 Å². The number of fused-ring (bicyclic) bond motifs is 1. The van der Waals surface area contributed by atoms with E-state index in [1.165, 1.54) is 17.7 Å². The molecule has 2 aliphatic carbocycles. The van der Waals surface area contributed by atoms with E-state index >= 15 is 0 Å². The van der Waals surface area contributed by atoms with Crippen LogP contribution in [0.3, 0.4) is 0 Å². The van der Waals surface area contributed by atoms with Gasteiger partial charge in [0.1, 0.15) is 5.82 Å². The molecule has 2 atom stereocenters. The van der Waals surface area contributed by atoms with Crippen LogP contribution in [0.25, 0.3) is 5.69 Å². The molecule has 1 aromatic carbocycles. The number of pyridine rings is 1. The highest BCUT2D eigenvalue weighted by atomic mass is 32.2. The first kappa shape index (κ1) is 26.6. The number of rotatable bonds is 8. The van der Waals surface area contributed by atoms with Crippen molar-refractivity contribution in [3.05, 3.63) is 88.8 Å². The third-order valence-corrected chi connectivity index (χ3v) is 9.25. The van der Waals surface area contributed by atoms with Gasteiger partial charge in [-0.15, -0.1) is 0 Å². The minimum Gasteiger partial charge on any atom is -0.261 e. The van der Waals surface area contributed by atoms with Gasteiger partial charge in [0, 0.05) is 49.3 Å². The van der Waals surface area contributed by atoms with Crippen LogP contribution in [0.2, 0.25) is 0 Å². The van der Waals surface area contributed by atoms with Crippen molar-refractivity contribution in [1.82, 2.24) is 19.1 Å². The van der Waals surface area contributed by atoms with Gasteiger partial charge in [-0.25, -0.2) is 21.8 Å². The maximum absolute atomic E-state index is 13.4. The molecule has 2 heterocycles. The number of hydrogen-bond donors (Lipinski definition) is 0. The summed E-state index contributed by atoms with van der Waals surface area (Å²) in [6.45, 7) is 1.96. The van der Waals surface area contributed by atoms with E-state index in [0.717, 1.165) is 33.2 Å². The quantitative estimate of drug-likeness (QED) is 0.286. The van der Waals surface area contributed by atoms with E-state index in [1.807, 2.05) is 6.92 Å². The topological polar surface area (TPSA) is 68.1 Å². The first-order valence-corrected chi connectivity index (χ1v) is 14.1. The van der Waals surface area contributed by atoms with Crippen molar-refractivity contribution in [2.24, 2.45) is 5.92 Å². The number of allylic oxidation sites excluding steroid dienone is 1. The number of sulfonamides is 1. The minimum atomic E-state index is -4.83. The second kappa shape index (κ2) is 10.3. The zero-order valence-electron chi connectivity index (χ0n) is 20.8. The molecule has 5 rings (SSSR count). The molecule has 0 unspecified atom stereocenters. The average Bonchev–Trinajstić information content (AvgIpc) is 3.46. The van der Waals surface area contributed by atoms with Crippen LogP contribution < -0.4 is 0 Å². The number of hydrogen-bond acceptors (Lipinski definition) is 4. The van der Waals surface area contributed by atoms with Gasteiger partial charge in [0.2, 0.25) is 10.0 Å². The van der Waals surface area contributed by atoms with Gasteiger partial charge in [-0.3, -0.25) is 4.98 Å². The second-order valence-corrected chi connectivity index (χ2v) is 11.9. The maximum Gasteiger partial charge on any atom is 0.404 e. The first-order chi connectivity index (χ1) is 18.0. The van der Waals surface area contributed by atoms with Gasteiger partial charge in [0.25, 0.3) is 0 Å². The van der Waals surface area contributed by atoms with Crippen LogP contribution in [-0.4, -0.2) is 52.5 Å². The highest BCUT2D eigenvalue weighted by Gasteiger charge is 2.42. The Balaban J connectivity index is 1.40. The number of benzene rings is 1. The standard InChI is InChI=1S/C27H28F4N4O2S/c1-18-24-15-33-35(23-9-7-21(28)8-10-23)25(24)14-19-5-6-20(26(18)19)16-34(38(36,37)17-27(29,30)31)13-11-22-4-2-3-12-32-22/h2-4,7-10,12,15,18,20H,5-6,11,13-14,16-17H2,1H3/t18-,20-/m0/s1. The van der Waals surface area contributed by atoms with Crippen molar-refractivity contribution >= 4 is 10.0 Å². The highest BCUT2D eigenvalue weighted by Crippen LogP contribution is 2.47. The Morgan fingerprint density at radius 3 is 2.58 bits per heavy atom. The summed E-state index contributed by atoms with van der Waals surface area (Å²) in [5.74, 6) is -2.46. The SMILES string of the molecule is C[C@@H]1C2=C(CC[C@H]2CN(CCc2ccccn2)S(=O)(=O)CC(F)(F)F)Cc2c1cnn2-c1ccc(F)cc1. The molecule has 0 amide bonds. The molecule has 38 heavy (non-hydrogen) atoms. The molecule has 3 aromatic rings.